The molecular formula is C14H22O6. The lowest BCUT2D eigenvalue weighted by Crippen LogP contribution is -2.48. The summed E-state index contributed by atoms with van der Waals surface area (Å²) in [6, 6.07) is 0. The van der Waals surface area contributed by atoms with E-state index in [1.165, 1.54) is 7.11 Å². The molecule has 3 rings (SSSR count). The van der Waals surface area contributed by atoms with Crippen molar-refractivity contribution in [2.45, 2.75) is 31.8 Å². The molecule has 3 atom stereocenters. The Labute approximate surface area is 118 Å². The van der Waals surface area contributed by atoms with Gasteiger partial charge in [-0.25, -0.2) is 0 Å². The molecule has 0 radical (unpaired) electrons. The monoisotopic (exact) mass is 286 g/mol. The lowest BCUT2D eigenvalue weighted by molar-refractivity contribution is -0.172. The Morgan fingerprint density at radius 1 is 1.15 bits per heavy atom. The molecule has 114 valence electrons. The van der Waals surface area contributed by atoms with E-state index in [1.807, 2.05) is 0 Å². The van der Waals surface area contributed by atoms with Gasteiger partial charge in [0.05, 0.1) is 18.4 Å². The third-order valence-electron chi connectivity index (χ3n) is 4.72. The van der Waals surface area contributed by atoms with E-state index in [2.05, 4.69) is 0 Å². The van der Waals surface area contributed by atoms with E-state index in [0.717, 1.165) is 25.7 Å². The molecule has 3 saturated carbocycles. The fourth-order valence-corrected chi connectivity index (χ4v) is 3.61. The first-order chi connectivity index (χ1) is 9.58. The predicted octanol–water partition coefficient (Wildman–Crippen LogP) is 0.674. The summed E-state index contributed by atoms with van der Waals surface area (Å²) in [4.78, 5) is 23.7. The minimum atomic E-state index is -0.896. The number of carboxylic acid groups (broad SMARTS) is 1. The maximum atomic E-state index is 12.2. The summed E-state index contributed by atoms with van der Waals surface area (Å²) in [6.45, 7) is -0.269. The van der Waals surface area contributed by atoms with E-state index in [0.29, 0.717) is 0 Å². The Hall–Kier alpha value is -1.14. The van der Waals surface area contributed by atoms with Crippen molar-refractivity contribution < 1.29 is 29.3 Å². The summed E-state index contributed by atoms with van der Waals surface area (Å²) in [6.07, 6.45) is 3.04. The number of hydrogen-bond acceptors (Lipinski definition) is 5. The molecule has 6 nitrogen and oxygen atoms in total. The van der Waals surface area contributed by atoms with Gasteiger partial charge in [0, 0.05) is 7.11 Å². The molecule has 0 spiro atoms. The molecule has 3 aliphatic carbocycles. The van der Waals surface area contributed by atoms with Crippen LogP contribution in [0, 0.1) is 23.7 Å². The number of ether oxygens (including phenoxy) is 2. The van der Waals surface area contributed by atoms with Gasteiger partial charge in [0.25, 0.3) is 0 Å². The van der Waals surface area contributed by atoms with Crippen molar-refractivity contribution in [2.75, 3.05) is 20.3 Å². The number of carbonyl (C=O) groups is 2. The zero-order valence-electron chi connectivity index (χ0n) is 11.7. The van der Waals surface area contributed by atoms with Gasteiger partial charge in [0.2, 0.25) is 0 Å². The van der Waals surface area contributed by atoms with Crippen LogP contribution in [0.25, 0.3) is 0 Å². The predicted molar refractivity (Wildman–Crippen MR) is 68.9 cm³/mol. The molecule has 0 saturated heterocycles. The summed E-state index contributed by atoms with van der Waals surface area (Å²) in [5.74, 6) is -2.31. The van der Waals surface area contributed by atoms with Crippen molar-refractivity contribution in [3.05, 3.63) is 0 Å². The molecule has 0 aromatic carbocycles. The minimum Gasteiger partial charge on any atom is -0.481 e. The highest BCUT2D eigenvalue weighted by Crippen LogP contribution is 2.49. The molecule has 0 aromatic rings. The van der Waals surface area contributed by atoms with Gasteiger partial charge in [-0.05, 0) is 37.5 Å². The molecule has 6 heteroatoms. The number of carboxylic acids is 1. The number of fused-ring (bicyclic) bond motifs is 3. The van der Waals surface area contributed by atoms with Crippen LogP contribution in [0.2, 0.25) is 0 Å². The number of aliphatic hydroxyl groups is 1. The van der Waals surface area contributed by atoms with Crippen molar-refractivity contribution in [1.29, 1.82) is 0 Å². The summed E-state index contributed by atoms with van der Waals surface area (Å²) in [7, 11) is 1.43. The number of carbonyl (C=O) groups excluding carboxylic acids is 1. The van der Waals surface area contributed by atoms with Crippen LogP contribution in [0.3, 0.4) is 0 Å². The Balaban J connectivity index is 2.01. The maximum Gasteiger partial charge on any atom is 0.310 e. The van der Waals surface area contributed by atoms with Crippen molar-refractivity contribution in [1.82, 2.24) is 0 Å². The van der Waals surface area contributed by atoms with E-state index >= 15 is 0 Å². The second kappa shape index (κ2) is 6.54. The molecule has 0 aromatic heterocycles. The lowest BCUT2D eigenvalue weighted by atomic mass is 9.58. The fraction of sp³-hybridized carbons (Fsp3) is 0.857. The SMILES string of the molecule is COC(CO)COC(=O)C1C(C(=O)O)[C@H]2CC[C@@H]1CC2. The number of aliphatic hydroxyl groups excluding tert-OH is 1. The zero-order chi connectivity index (χ0) is 14.7. The van der Waals surface area contributed by atoms with Crippen LogP contribution in [0.5, 0.6) is 0 Å². The highest BCUT2D eigenvalue weighted by Gasteiger charge is 2.51. The number of esters is 1. The number of rotatable bonds is 6. The molecule has 0 amide bonds. The van der Waals surface area contributed by atoms with Crippen LogP contribution in [0.1, 0.15) is 25.7 Å². The molecule has 3 fully saturated rings. The fourth-order valence-electron chi connectivity index (χ4n) is 3.61. The van der Waals surface area contributed by atoms with Crippen LogP contribution in [0.15, 0.2) is 0 Å². The molecule has 20 heavy (non-hydrogen) atoms. The first-order valence-electron chi connectivity index (χ1n) is 7.11. The van der Waals surface area contributed by atoms with Crippen molar-refractivity contribution in [3.63, 3.8) is 0 Å². The van der Waals surface area contributed by atoms with Crippen LogP contribution in [0.4, 0.5) is 0 Å². The third kappa shape index (κ3) is 2.96. The molecule has 2 N–H and O–H groups in total. The van der Waals surface area contributed by atoms with Gasteiger partial charge in [0.15, 0.2) is 0 Å². The molecular weight excluding hydrogens is 264 g/mol. The first kappa shape index (κ1) is 15.3. The second-order valence-corrected chi connectivity index (χ2v) is 5.73. The largest absolute Gasteiger partial charge is 0.481 e. The minimum absolute atomic E-state index is 0.0357. The lowest BCUT2D eigenvalue weighted by Gasteiger charge is -2.45. The highest BCUT2D eigenvalue weighted by molar-refractivity contribution is 5.82. The van der Waals surface area contributed by atoms with E-state index in [9.17, 15) is 14.7 Å². The molecule has 0 heterocycles. The van der Waals surface area contributed by atoms with Gasteiger partial charge in [-0.15, -0.1) is 0 Å². The summed E-state index contributed by atoms with van der Waals surface area (Å²) >= 11 is 0. The Bertz CT molecular complexity index is 357. The van der Waals surface area contributed by atoms with Gasteiger partial charge in [-0.1, -0.05) is 0 Å². The van der Waals surface area contributed by atoms with Gasteiger partial charge < -0.3 is 19.7 Å². The van der Waals surface area contributed by atoms with Crippen LogP contribution >= 0.6 is 0 Å². The van der Waals surface area contributed by atoms with Gasteiger partial charge in [-0.2, -0.15) is 0 Å². The Morgan fingerprint density at radius 2 is 1.70 bits per heavy atom. The number of hydrogen-bond donors (Lipinski definition) is 2. The van der Waals surface area contributed by atoms with Crippen molar-refractivity contribution in [2.24, 2.45) is 23.7 Å². The van der Waals surface area contributed by atoms with Crippen LogP contribution in [-0.4, -0.2) is 48.6 Å². The Kier molecular flexibility index (Phi) is 4.99. The molecule has 3 aliphatic rings. The average molecular weight is 286 g/mol. The summed E-state index contributed by atoms with van der Waals surface area (Å²) in [5, 5.41) is 18.4. The van der Waals surface area contributed by atoms with Gasteiger partial charge >= 0.3 is 11.9 Å². The van der Waals surface area contributed by atoms with E-state index < -0.39 is 29.9 Å². The van der Waals surface area contributed by atoms with E-state index in [4.69, 9.17) is 14.6 Å². The van der Waals surface area contributed by atoms with Gasteiger partial charge in [-0.3, -0.25) is 9.59 Å². The first-order valence-corrected chi connectivity index (χ1v) is 7.11. The van der Waals surface area contributed by atoms with Crippen LogP contribution in [-0.2, 0) is 19.1 Å². The molecule has 2 bridgehead atoms. The van der Waals surface area contributed by atoms with Crippen LogP contribution < -0.4 is 0 Å². The molecule has 0 aliphatic heterocycles. The number of methoxy groups -OCH3 is 1. The highest BCUT2D eigenvalue weighted by atomic mass is 16.6. The summed E-state index contributed by atoms with van der Waals surface area (Å²) < 4.78 is 10.1. The standard InChI is InChI=1S/C14H22O6/c1-19-10(6-15)7-20-14(18)12-9-4-2-8(3-5-9)11(12)13(16)17/h8-12,15H,2-7H2,1H3,(H,16,17)/t8-,9+,10?,11?,12?. The second-order valence-electron chi connectivity index (χ2n) is 5.73. The average Bonchev–Trinajstić information content (AvgIpc) is 2.48. The normalized spacial score (nSPS) is 33.7. The quantitative estimate of drug-likeness (QED) is 0.697. The van der Waals surface area contributed by atoms with Crippen molar-refractivity contribution >= 4 is 11.9 Å². The van der Waals surface area contributed by atoms with Gasteiger partial charge in [0.1, 0.15) is 12.7 Å². The summed E-state index contributed by atoms with van der Waals surface area (Å²) in [5.41, 5.74) is 0. The smallest absolute Gasteiger partial charge is 0.310 e. The molecule has 3 unspecified atom stereocenters. The third-order valence-corrected chi connectivity index (χ3v) is 4.72. The number of aliphatic carboxylic acids is 1. The van der Waals surface area contributed by atoms with Crippen molar-refractivity contribution in [3.8, 4) is 0 Å². The maximum absolute atomic E-state index is 12.2. The Morgan fingerprint density at radius 3 is 2.15 bits per heavy atom. The topological polar surface area (TPSA) is 93.1 Å². The van der Waals surface area contributed by atoms with E-state index in [-0.39, 0.29) is 25.0 Å². The van der Waals surface area contributed by atoms with E-state index in [1.54, 1.807) is 0 Å². The zero-order valence-corrected chi connectivity index (χ0v) is 11.7.